The van der Waals surface area contributed by atoms with Crippen molar-refractivity contribution in [1.82, 2.24) is 4.98 Å². The molecule has 1 N–H and O–H groups in total. The summed E-state index contributed by atoms with van der Waals surface area (Å²) in [5.74, 6) is -0.761. The van der Waals surface area contributed by atoms with Gasteiger partial charge in [0.1, 0.15) is 0 Å². The van der Waals surface area contributed by atoms with Gasteiger partial charge in [-0.25, -0.2) is 4.98 Å². The van der Waals surface area contributed by atoms with Crippen molar-refractivity contribution in [2.45, 2.75) is 19.8 Å². The molecule has 0 fully saturated rings. The first kappa shape index (κ1) is 11.3. The van der Waals surface area contributed by atoms with Crippen LogP contribution in [0.3, 0.4) is 0 Å². The lowest BCUT2D eigenvalue weighted by Crippen LogP contribution is -1.96. The van der Waals surface area contributed by atoms with Crippen molar-refractivity contribution in [1.29, 1.82) is 0 Å². The van der Waals surface area contributed by atoms with Gasteiger partial charge in [-0.15, -0.1) is 22.7 Å². The molecule has 0 saturated carbocycles. The monoisotopic (exact) mass is 253 g/mol. The van der Waals surface area contributed by atoms with Crippen LogP contribution in [0.15, 0.2) is 17.5 Å². The number of carbonyl (C=O) groups is 1. The van der Waals surface area contributed by atoms with E-state index in [4.69, 9.17) is 5.11 Å². The minimum atomic E-state index is -0.761. The Labute approximate surface area is 101 Å². The number of aryl methyl sites for hydroxylation is 2. The molecule has 0 aromatic carbocycles. The number of carboxylic acid groups (broad SMARTS) is 1. The molecule has 0 spiro atoms. The van der Waals surface area contributed by atoms with Gasteiger partial charge < -0.3 is 5.11 Å². The third-order valence-corrected chi connectivity index (χ3v) is 4.03. The molecule has 2 rings (SSSR count). The molecular formula is C11H11NO2S2. The molecule has 0 aliphatic carbocycles. The second kappa shape index (κ2) is 4.76. The van der Waals surface area contributed by atoms with Crippen molar-refractivity contribution >= 4 is 28.6 Å². The Morgan fingerprint density at radius 2 is 2.38 bits per heavy atom. The van der Waals surface area contributed by atoms with Crippen molar-refractivity contribution in [3.8, 4) is 10.6 Å². The number of rotatable bonds is 4. The molecular weight excluding hydrogens is 242 g/mol. The highest BCUT2D eigenvalue weighted by atomic mass is 32.1. The first-order valence-electron chi connectivity index (χ1n) is 4.89. The van der Waals surface area contributed by atoms with Gasteiger partial charge in [-0.3, -0.25) is 4.79 Å². The van der Waals surface area contributed by atoms with E-state index in [1.165, 1.54) is 0 Å². The summed E-state index contributed by atoms with van der Waals surface area (Å²) in [6.07, 6.45) is 0.730. The van der Waals surface area contributed by atoms with Crippen LogP contribution in [0.4, 0.5) is 0 Å². The van der Waals surface area contributed by atoms with Gasteiger partial charge in [0, 0.05) is 4.88 Å². The highest BCUT2D eigenvalue weighted by molar-refractivity contribution is 7.15. The smallest absolute Gasteiger partial charge is 0.303 e. The molecule has 16 heavy (non-hydrogen) atoms. The van der Waals surface area contributed by atoms with Crippen LogP contribution in [0.5, 0.6) is 0 Å². The summed E-state index contributed by atoms with van der Waals surface area (Å²) >= 11 is 3.22. The summed E-state index contributed by atoms with van der Waals surface area (Å²) in [6, 6.07) is 4.00. The van der Waals surface area contributed by atoms with Crippen LogP contribution >= 0.6 is 22.7 Å². The number of carboxylic acids is 1. The molecule has 2 aromatic heterocycles. The Bertz CT molecular complexity index is 488. The highest BCUT2D eigenvalue weighted by Crippen LogP contribution is 2.31. The van der Waals surface area contributed by atoms with E-state index in [-0.39, 0.29) is 6.42 Å². The zero-order valence-electron chi connectivity index (χ0n) is 8.77. The molecule has 0 bridgehead atoms. The molecule has 0 amide bonds. The number of hydrogen-bond acceptors (Lipinski definition) is 4. The molecule has 0 aliphatic heterocycles. The Balaban J connectivity index is 2.27. The first-order valence-corrected chi connectivity index (χ1v) is 6.58. The summed E-state index contributed by atoms with van der Waals surface area (Å²) in [5.41, 5.74) is 0.957. The van der Waals surface area contributed by atoms with Crippen LogP contribution in [-0.2, 0) is 11.2 Å². The molecule has 0 saturated heterocycles. The summed E-state index contributed by atoms with van der Waals surface area (Å²) in [4.78, 5) is 17.2. The molecule has 0 aliphatic rings. The number of thiazole rings is 1. The predicted octanol–water partition coefficient (Wildman–Crippen LogP) is 3.20. The minimum absolute atomic E-state index is 0.167. The largest absolute Gasteiger partial charge is 0.481 e. The predicted molar refractivity (Wildman–Crippen MR) is 66.1 cm³/mol. The van der Waals surface area contributed by atoms with Gasteiger partial charge >= 0.3 is 5.97 Å². The van der Waals surface area contributed by atoms with Gasteiger partial charge in [-0.1, -0.05) is 6.07 Å². The van der Waals surface area contributed by atoms with Gasteiger partial charge in [0.2, 0.25) is 0 Å². The average Bonchev–Trinajstić information content (AvgIpc) is 2.82. The number of aliphatic carboxylic acids is 1. The van der Waals surface area contributed by atoms with Crippen LogP contribution in [0.1, 0.15) is 16.3 Å². The fourth-order valence-electron chi connectivity index (χ4n) is 1.46. The van der Waals surface area contributed by atoms with Crippen molar-refractivity contribution in [2.24, 2.45) is 0 Å². The van der Waals surface area contributed by atoms with Gasteiger partial charge in [-0.05, 0) is 24.8 Å². The van der Waals surface area contributed by atoms with Crippen LogP contribution in [0, 0.1) is 6.92 Å². The van der Waals surface area contributed by atoms with Crippen LogP contribution in [0.25, 0.3) is 10.6 Å². The Morgan fingerprint density at radius 3 is 3.00 bits per heavy atom. The van der Waals surface area contributed by atoms with Crippen molar-refractivity contribution in [3.63, 3.8) is 0 Å². The second-order valence-corrected chi connectivity index (χ2v) is 5.61. The SMILES string of the molecule is Cc1nc(-c2cccs2)c(CCC(=O)O)s1. The molecule has 0 unspecified atom stereocenters. The molecule has 2 heterocycles. The van der Waals surface area contributed by atoms with Gasteiger partial charge in [-0.2, -0.15) is 0 Å². The lowest BCUT2D eigenvalue weighted by molar-refractivity contribution is -0.136. The van der Waals surface area contributed by atoms with E-state index < -0.39 is 5.97 Å². The van der Waals surface area contributed by atoms with Gasteiger partial charge in [0.25, 0.3) is 0 Å². The van der Waals surface area contributed by atoms with E-state index in [2.05, 4.69) is 4.98 Å². The molecule has 3 nitrogen and oxygen atoms in total. The Hall–Kier alpha value is -1.20. The fraction of sp³-hybridized carbons (Fsp3) is 0.273. The van der Waals surface area contributed by atoms with Crippen molar-refractivity contribution in [3.05, 3.63) is 27.4 Å². The lowest BCUT2D eigenvalue weighted by Gasteiger charge is -1.97. The molecule has 0 radical (unpaired) electrons. The van der Waals surface area contributed by atoms with E-state index >= 15 is 0 Å². The number of thiophene rings is 1. The van der Waals surface area contributed by atoms with E-state index in [9.17, 15) is 4.79 Å². The first-order chi connectivity index (χ1) is 7.66. The summed E-state index contributed by atoms with van der Waals surface area (Å²) < 4.78 is 0. The van der Waals surface area contributed by atoms with Crippen molar-refractivity contribution in [2.75, 3.05) is 0 Å². The Kier molecular flexibility index (Phi) is 3.36. The maximum atomic E-state index is 10.6. The van der Waals surface area contributed by atoms with Gasteiger partial charge in [0.15, 0.2) is 0 Å². The normalized spacial score (nSPS) is 10.6. The zero-order chi connectivity index (χ0) is 11.5. The zero-order valence-corrected chi connectivity index (χ0v) is 10.4. The number of nitrogens with zero attached hydrogens (tertiary/aromatic N) is 1. The summed E-state index contributed by atoms with van der Waals surface area (Å²) in [7, 11) is 0. The summed E-state index contributed by atoms with van der Waals surface area (Å²) in [5, 5.41) is 11.7. The topological polar surface area (TPSA) is 50.2 Å². The van der Waals surface area contributed by atoms with Crippen molar-refractivity contribution < 1.29 is 9.90 Å². The minimum Gasteiger partial charge on any atom is -0.481 e. The van der Waals surface area contributed by atoms with E-state index in [1.807, 2.05) is 24.4 Å². The maximum absolute atomic E-state index is 10.6. The van der Waals surface area contributed by atoms with E-state index in [1.54, 1.807) is 22.7 Å². The quantitative estimate of drug-likeness (QED) is 0.910. The third-order valence-electron chi connectivity index (χ3n) is 2.12. The molecule has 0 atom stereocenters. The highest BCUT2D eigenvalue weighted by Gasteiger charge is 2.12. The fourth-order valence-corrected chi connectivity index (χ4v) is 3.22. The van der Waals surface area contributed by atoms with E-state index in [0.29, 0.717) is 6.42 Å². The van der Waals surface area contributed by atoms with Crippen LogP contribution < -0.4 is 0 Å². The second-order valence-electron chi connectivity index (χ2n) is 3.38. The standard InChI is InChI=1S/C11H11NO2S2/c1-7-12-11(8-3-2-6-15-8)9(16-7)4-5-10(13)14/h2-3,6H,4-5H2,1H3,(H,13,14). The maximum Gasteiger partial charge on any atom is 0.303 e. The lowest BCUT2D eigenvalue weighted by atomic mass is 10.2. The Morgan fingerprint density at radius 1 is 1.56 bits per heavy atom. The molecule has 5 heteroatoms. The van der Waals surface area contributed by atoms with Crippen LogP contribution in [0.2, 0.25) is 0 Å². The van der Waals surface area contributed by atoms with Crippen LogP contribution in [-0.4, -0.2) is 16.1 Å². The average molecular weight is 253 g/mol. The number of hydrogen-bond donors (Lipinski definition) is 1. The molecule has 2 aromatic rings. The summed E-state index contributed by atoms with van der Waals surface area (Å²) in [6.45, 7) is 1.95. The van der Waals surface area contributed by atoms with Gasteiger partial charge in [0.05, 0.1) is 22.0 Å². The molecule has 84 valence electrons. The third kappa shape index (κ3) is 2.48. The number of aromatic nitrogens is 1. The van der Waals surface area contributed by atoms with E-state index in [0.717, 1.165) is 20.5 Å².